The number of hydrogen-bond acceptors (Lipinski definition) is 3. The Morgan fingerprint density at radius 3 is 2.56 bits per heavy atom. The highest BCUT2D eigenvalue weighted by atomic mass is 35.5. The fourth-order valence-corrected chi connectivity index (χ4v) is 5.13. The zero-order valence-electron chi connectivity index (χ0n) is 12.7. The van der Waals surface area contributed by atoms with Crippen LogP contribution in [-0.4, -0.2) is 27.7 Å². The summed E-state index contributed by atoms with van der Waals surface area (Å²) < 4.78 is 26.6. The molecule has 2 atom stereocenters. The summed E-state index contributed by atoms with van der Waals surface area (Å²) in [5.74, 6) is -0.453. The molecule has 2 aromatic rings. The molecule has 0 bridgehead atoms. The molecule has 2 aliphatic heterocycles. The van der Waals surface area contributed by atoms with Gasteiger partial charge in [-0.05, 0) is 48.1 Å². The number of carbonyl (C=O) groups excluding carboxylic acids is 1. The van der Waals surface area contributed by atoms with Crippen LogP contribution in [0, 0.1) is 11.6 Å². The van der Waals surface area contributed by atoms with Gasteiger partial charge < -0.3 is 4.90 Å². The Balaban J connectivity index is 1.68. The van der Waals surface area contributed by atoms with Crippen molar-refractivity contribution in [1.29, 1.82) is 0 Å². The highest BCUT2D eigenvalue weighted by Crippen LogP contribution is 2.46. The number of thiocarbonyl (C=S) groups is 1. The Hall–Kier alpha value is -1.70. The molecule has 0 radical (unpaired) electrons. The Kier molecular flexibility index (Phi) is 4.17. The zero-order chi connectivity index (χ0) is 17.7. The summed E-state index contributed by atoms with van der Waals surface area (Å²) >= 11 is 12.9. The van der Waals surface area contributed by atoms with E-state index in [1.807, 2.05) is 4.90 Å². The molecule has 4 rings (SSSR count). The molecule has 2 aliphatic rings. The number of carbonyl (C=O) groups is 1. The average Bonchev–Trinajstić information content (AvgIpc) is 3.12. The Morgan fingerprint density at radius 2 is 1.88 bits per heavy atom. The second-order valence-corrected chi connectivity index (χ2v) is 7.60. The molecule has 0 spiro atoms. The highest BCUT2D eigenvalue weighted by Gasteiger charge is 2.50. The van der Waals surface area contributed by atoms with Crippen LogP contribution in [0.1, 0.15) is 10.9 Å². The number of hydrogen-bond donors (Lipinski definition) is 0. The lowest BCUT2D eigenvalue weighted by Gasteiger charge is -2.25. The van der Waals surface area contributed by atoms with Crippen LogP contribution in [-0.2, 0) is 4.79 Å². The van der Waals surface area contributed by atoms with Crippen molar-refractivity contribution in [3.05, 3.63) is 64.7 Å². The Bertz CT molecular complexity index is 877. The Labute approximate surface area is 157 Å². The third-order valence-electron chi connectivity index (χ3n) is 4.23. The van der Waals surface area contributed by atoms with Gasteiger partial charge in [-0.25, -0.2) is 8.78 Å². The predicted molar refractivity (Wildman–Crippen MR) is 98.7 cm³/mol. The SMILES string of the molecule is O=C1[C@@H]2CSC(c3ccc(F)cc3)N2C(=S)N1c1ccc(F)c(Cl)c1. The summed E-state index contributed by atoms with van der Waals surface area (Å²) in [6.07, 6.45) is 0. The van der Waals surface area contributed by atoms with E-state index in [4.69, 9.17) is 23.8 Å². The van der Waals surface area contributed by atoms with Gasteiger partial charge >= 0.3 is 0 Å². The summed E-state index contributed by atoms with van der Waals surface area (Å²) in [7, 11) is 0. The molecule has 0 N–H and O–H groups in total. The summed E-state index contributed by atoms with van der Waals surface area (Å²) in [6.45, 7) is 0. The minimum atomic E-state index is -0.553. The summed E-state index contributed by atoms with van der Waals surface area (Å²) in [5.41, 5.74) is 1.32. The third kappa shape index (κ3) is 2.70. The number of nitrogens with zero attached hydrogens (tertiary/aromatic N) is 2. The molecule has 1 amide bonds. The van der Waals surface area contributed by atoms with Crippen molar-refractivity contribution in [3.63, 3.8) is 0 Å². The first-order chi connectivity index (χ1) is 12.0. The molecule has 8 heteroatoms. The monoisotopic (exact) mass is 396 g/mol. The summed E-state index contributed by atoms with van der Waals surface area (Å²) in [4.78, 5) is 16.1. The smallest absolute Gasteiger partial charge is 0.257 e. The van der Waals surface area contributed by atoms with Crippen molar-refractivity contribution in [3.8, 4) is 0 Å². The molecule has 2 fully saturated rings. The van der Waals surface area contributed by atoms with Gasteiger partial charge in [0.1, 0.15) is 23.1 Å². The highest BCUT2D eigenvalue weighted by molar-refractivity contribution is 7.99. The molecule has 2 heterocycles. The van der Waals surface area contributed by atoms with E-state index in [-0.39, 0.29) is 22.1 Å². The van der Waals surface area contributed by atoms with E-state index >= 15 is 0 Å². The second kappa shape index (κ2) is 6.23. The topological polar surface area (TPSA) is 23.6 Å². The fraction of sp³-hybridized carbons (Fsp3) is 0.176. The van der Waals surface area contributed by atoms with Crippen molar-refractivity contribution in [1.82, 2.24) is 4.90 Å². The number of thioether (sulfide) groups is 1. The maximum atomic E-state index is 13.4. The molecule has 2 aromatic carbocycles. The molecule has 25 heavy (non-hydrogen) atoms. The van der Waals surface area contributed by atoms with Crippen molar-refractivity contribution >= 4 is 52.3 Å². The van der Waals surface area contributed by atoms with Gasteiger partial charge in [0, 0.05) is 5.75 Å². The number of amides is 1. The molecule has 2 saturated heterocycles. The normalized spacial score (nSPS) is 22.7. The van der Waals surface area contributed by atoms with Gasteiger partial charge in [0.15, 0.2) is 5.11 Å². The maximum Gasteiger partial charge on any atom is 0.257 e. The van der Waals surface area contributed by atoms with Crippen LogP contribution in [0.4, 0.5) is 14.5 Å². The first kappa shape index (κ1) is 16.8. The number of anilines is 1. The molecule has 0 aliphatic carbocycles. The molecule has 3 nitrogen and oxygen atoms in total. The number of fused-ring (bicyclic) bond motifs is 1. The Morgan fingerprint density at radius 1 is 1.16 bits per heavy atom. The minimum Gasteiger partial charge on any atom is -0.319 e. The lowest BCUT2D eigenvalue weighted by molar-refractivity contribution is -0.119. The quantitative estimate of drug-likeness (QED) is 0.703. The standard InChI is InChI=1S/C17H11ClF2N2OS2/c18-12-7-11(5-6-13(12)20)21-15(23)14-8-25-16(22(14)17(21)24)9-1-3-10(19)4-2-9/h1-7,14,16H,8H2/t14-,16?/m0/s1. The van der Waals surface area contributed by atoms with Gasteiger partial charge in [0.05, 0.1) is 10.7 Å². The third-order valence-corrected chi connectivity index (χ3v) is 6.24. The van der Waals surface area contributed by atoms with Crippen LogP contribution in [0.3, 0.4) is 0 Å². The first-order valence-electron chi connectivity index (χ1n) is 7.46. The minimum absolute atomic E-state index is 0.0652. The van der Waals surface area contributed by atoms with Crippen LogP contribution in [0.2, 0.25) is 5.02 Å². The van der Waals surface area contributed by atoms with Gasteiger partial charge in [-0.1, -0.05) is 23.7 Å². The van der Waals surface area contributed by atoms with Crippen molar-refractivity contribution < 1.29 is 13.6 Å². The molecular weight excluding hydrogens is 386 g/mol. The molecule has 0 aromatic heterocycles. The van der Waals surface area contributed by atoms with Crippen LogP contribution >= 0.6 is 35.6 Å². The molecule has 1 unspecified atom stereocenters. The van der Waals surface area contributed by atoms with Crippen molar-refractivity contribution in [2.24, 2.45) is 0 Å². The van der Waals surface area contributed by atoms with E-state index in [9.17, 15) is 13.6 Å². The van der Waals surface area contributed by atoms with Gasteiger partial charge in [-0.15, -0.1) is 11.8 Å². The largest absolute Gasteiger partial charge is 0.319 e. The fourth-order valence-electron chi connectivity index (χ4n) is 3.04. The lowest BCUT2D eigenvalue weighted by Crippen LogP contribution is -2.33. The van der Waals surface area contributed by atoms with Gasteiger partial charge in [0.2, 0.25) is 0 Å². The second-order valence-electron chi connectivity index (χ2n) is 5.71. The van der Waals surface area contributed by atoms with Gasteiger partial charge in [-0.3, -0.25) is 9.69 Å². The van der Waals surface area contributed by atoms with Gasteiger partial charge in [-0.2, -0.15) is 0 Å². The van der Waals surface area contributed by atoms with Crippen molar-refractivity contribution in [2.45, 2.75) is 11.4 Å². The van der Waals surface area contributed by atoms with E-state index in [0.29, 0.717) is 16.6 Å². The van der Waals surface area contributed by atoms with Crippen LogP contribution in [0.5, 0.6) is 0 Å². The van der Waals surface area contributed by atoms with E-state index in [1.165, 1.54) is 35.2 Å². The first-order valence-corrected chi connectivity index (χ1v) is 9.29. The van der Waals surface area contributed by atoms with E-state index in [0.717, 1.165) is 5.56 Å². The van der Waals surface area contributed by atoms with Crippen LogP contribution < -0.4 is 4.90 Å². The summed E-state index contributed by atoms with van der Waals surface area (Å²) in [6, 6.07) is 9.86. The van der Waals surface area contributed by atoms with E-state index < -0.39 is 11.9 Å². The predicted octanol–water partition coefficient (Wildman–Crippen LogP) is 4.37. The van der Waals surface area contributed by atoms with Crippen molar-refractivity contribution in [2.75, 3.05) is 10.7 Å². The zero-order valence-corrected chi connectivity index (χ0v) is 15.0. The number of benzene rings is 2. The molecule has 0 saturated carbocycles. The average molecular weight is 397 g/mol. The van der Waals surface area contributed by atoms with E-state index in [2.05, 4.69) is 0 Å². The summed E-state index contributed by atoms with van der Waals surface area (Å²) in [5, 5.41) is 0.115. The number of halogens is 3. The molecule has 128 valence electrons. The van der Waals surface area contributed by atoms with Gasteiger partial charge in [0.25, 0.3) is 5.91 Å². The van der Waals surface area contributed by atoms with Crippen LogP contribution in [0.15, 0.2) is 42.5 Å². The van der Waals surface area contributed by atoms with Crippen LogP contribution in [0.25, 0.3) is 0 Å². The maximum absolute atomic E-state index is 13.4. The molecular formula is C17H11ClF2N2OS2. The lowest BCUT2D eigenvalue weighted by atomic mass is 10.2. The number of rotatable bonds is 2. The van der Waals surface area contributed by atoms with E-state index in [1.54, 1.807) is 23.9 Å².